The Labute approximate surface area is 262 Å². The van der Waals surface area contributed by atoms with E-state index >= 15 is 0 Å². The number of thiazole rings is 1. The third-order valence-corrected chi connectivity index (χ3v) is 8.68. The lowest BCUT2D eigenvalue weighted by molar-refractivity contribution is -0.255. The molecular formula is C30H23BrClN2O8S-. The first-order valence-corrected chi connectivity index (χ1v) is 14.8. The molecule has 0 N–H and O–H groups in total. The van der Waals surface area contributed by atoms with Gasteiger partial charge in [0.05, 0.1) is 48.6 Å². The lowest BCUT2D eigenvalue weighted by atomic mass is 9.95. The van der Waals surface area contributed by atoms with E-state index in [2.05, 4.69) is 20.9 Å². The number of furan rings is 1. The second kappa shape index (κ2) is 12.2. The van der Waals surface area contributed by atoms with Gasteiger partial charge in [-0.1, -0.05) is 38.9 Å². The summed E-state index contributed by atoms with van der Waals surface area (Å²) >= 11 is 10.7. The fourth-order valence-electron chi connectivity index (χ4n) is 4.71. The number of nitrogens with zero attached hydrogens (tertiary/aromatic N) is 2. The molecule has 0 saturated heterocycles. The number of hydrogen-bond donors (Lipinski definition) is 0. The number of benzene rings is 2. The molecule has 43 heavy (non-hydrogen) atoms. The van der Waals surface area contributed by atoms with Crippen molar-refractivity contribution in [3.05, 3.63) is 99.8 Å². The summed E-state index contributed by atoms with van der Waals surface area (Å²) < 4.78 is 24.5. The zero-order chi connectivity index (χ0) is 31.0. The number of ether oxygens (including phenoxy) is 3. The average Bonchev–Trinajstić information content (AvgIpc) is 3.56. The van der Waals surface area contributed by atoms with Crippen molar-refractivity contribution in [3.8, 4) is 22.8 Å². The minimum atomic E-state index is -1.41. The number of carbonyl (C=O) groups is 2. The maximum atomic E-state index is 14.0. The smallest absolute Gasteiger partial charge is 0.338 e. The largest absolute Gasteiger partial charge is 0.545 e. The number of allylic oxidation sites excluding steroid dienone is 1. The van der Waals surface area contributed by atoms with Crippen molar-refractivity contribution >= 4 is 56.9 Å². The second-order valence-electron chi connectivity index (χ2n) is 9.22. The van der Waals surface area contributed by atoms with Crippen LogP contribution in [-0.2, 0) is 9.53 Å². The minimum Gasteiger partial charge on any atom is -0.545 e. The van der Waals surface area contributed by atoms with Gasteiger partial charge in [0.2, 0.25) is 0 Å². The van der Waals surface area contributed by atoms with E-state index in [1.165, 1.54) is 30.9 Å². The molecule has 3 heterocycles. The topological polar surface area (TPSA) is 132 Å². The van der Waals surface area contributed by atoms with Crippen LogP contribution in [0.4, 0.5) is 0 Å². The standard InChI is InChI=1S/C30H24BrClN2O8S/c1-5-41-29(38)25-14(2)33-30-34(26(25)17-12-22(39-3)23(40-4)13-19(17)31)27(35)24(43-30)11-16-7-9-21(42-16)15-6-8-20(32)18(10-15)28(36)37/h6-13,26H,5H2,1-4H3,(H,36,37)/p-1/b24-11+/t26-/m0/s1. The Kier molecular flexibility index (Phi) is 8.63. The van der Waals surface area contributed by atoms with E-state index in [9.17, 15) is 19.5 Å². The van der Waals surface area contributed by atoms with Gasteiger partial charge < -0.3 is 28.5 Å². The summed E-state index contributed by atoms with van der Waals surface area (Å²) in [7, 11) is 3.01. The summed E-state index contributed by atoms with van der Waals surface area (Å²) in [5, 5.41) is 11.4. The number of carbonyl (C=O) groups excluding carboxylic acids is 2. The molecule has 1 aliphatic heterocycles. The van der Waals surface area contributed by atoms with Crippen LogP contribution < -0.4 is 29.5 Å². The van der Waals surface area contributed by atoms with Gasteiger partial charge in [-0.2, -0.15) is 0 Å². The first kappa shape index (κ1) is 30.3. The van der Waals surface area contributed by atoms with Crippen LogP contribution in [0.2, 0.25) is 5.02 Å². The average molecular weight is 687 g/mol. The van der Waals surface area contributed by atoms with E-state index in [0.29, 0.717) is 53.6 Å². The van der Waals surface area contributed by atoms with Crippen LogP contribution in [0.25, 0.3) is 17.4 Å². The van der Waals surface area contributed by atoms with Crippen molar-refractivity contribution in [2.45, 2.75) is 19.9 Å². The number of aromatic carboxylic acids is 1. The molecule has 4 aromatic rings. The third kappa shape index (κ3) is 5.65. The van der Waals surface area contributed by atoms with Crippen LogP contribution >= 0.6 is 38.9 Å². The van der Waals surface area contributed by atoms with Gasteiger partial charge in [-0.25, -0.2) is 9.79 Å². The molecule has 5 rings (SSSR count). The van der Waals surface area contributed by atoms with Gasteiger partial charge in [0.15, 0.2) is 16.3 Å². The van der Waals surface area contributed by atoms with Crippen molar-refractivity contribution in [3.63, 3.8) is 0 Å². The summed E-state index contributed by atoms with van der Waals surface area (Å²) in [6.07, 6.45) is 1.56. The zero-order valence-corrected chi connectivity index (χ0v) is 26.4. The number of carboxylic acid groups (broad SMARTS) is 1. The summed E-state index contributed by atoms with van der Waals surface area (Å²) in [5.41, 5.74) is 1.07. The molecule has 1 aliphatic rings. The molecule has 2 aromatic carbocycles. The molecule has 0 radical (unpaired) electrons. The Morgan fingerprint density at radius 3 is 2.56 bits per heavy atom. The molecule has 2 aromatic heterocycles. The van der Waals surface area contributed by atoms with Gasteiger partial charge in [-0.05, 0) is 61.9 Å². The second-order valence-corrected chi connectivity index (χ2v) is 11.5. The lowest BCUT2D eigenvalue weighted by Crippen LogP contribution is -2.40. The Morgan fingerprint density at radius 2 is 1.88 bits per heavy atom. The normalized spacial score (nSPS) is 14.7. The summed E-state index contributed by atoms with van der Waals surface area (Å²) in [6, 6.07) is 10.2. The zero-order valence-electron chi connectivity index (χ0n) is 23.2. The van der Waals surface area contributed by atoms with Crippen LogP contribution in [0.15, 0.2) is 72.4 Å². The molecule has 0 amide bonds. The Balaban J connectivity index is 1.66. The van der Waals surface area contributed by atoms with Crippen LogP contribution in [0.3, 0.4) is 0 Å². The monoisotopic (exact) mass is 685 g/mol. The van der Waals surface area contributed by atoms with E-state index in [1.807, 2.05) is 0 Å². The Hall–Kier alpha value is -4.13. The maximum absolute atomic E-state index is 14.0. The number of rotatable bonds is 8. The first-order valence-electron chi connectivity index (χ1n) is 12.8. The number of aromatic nitrogens is 1. The first-order chi connectivity index (χ1) is 20.6. The van der Waals surface area contributed by atoms with E-state index in [4.69, 9.17) is 30.2 Å². The van der Waals surface area contributed by atoms with E-state index in [1.54, 1.807) is 50.3 Å². The van der Waals surface area contributed by atoms with E-state index < -0.39 is 23.5 Å². The van der Waals surface area contributed by atoms with Crippen LogP contribution in [0, 0.1) is 0 Å². The Morgan fingerprint density at radius 1 is 1.16 bits per heavy atom. The predicted molar refractivity (Wildman–Crippen MR) is 161 cm³/mol. The number of fused-ring (bicyclic) bond motifs is 1. The third-order valence-electron chi connectivity index (χ3n) is 6.69. The fourth-order valence-corrected chi connectivity index (χ4v) is 6.48. The number of hydrogen-bond acceptors (Lipinski definition) is 10. The molecule has 0 saturated carbocycles. The highest BCUT2D eigenvalue weighted by Gasteiger charge is 2.35. The predicted octanol–water partition coefficient (Wildman–Crippen LogP) is 3.85. The molecular weight excluding hydrogens is 664 g/mol. The van der Waals surface area contributed by atoms with Crippen molar-refractivity contribution in [2.75, 3.05) is 20.8 Å². The van der Waals surface area contributed by atoms with Crippen molar-refractivity contribution in [2.24, 2.45) is 4.99 Å². The van der Waals surface area contributed by atoms with E-state index in [0.717, 1.165) is 11.3 Å². The molecule has 0 fully saturated rings. The molecule has 222 valence electrons. The lowest BCUT2D eigenvalue weighted by Gasteiger charge is -2.26. The van der Waals surface area contributed by atoms with Gasteiger partial charge in [-0.3, -0.25) is 9.36 Å². The van der Waals surface area contributed by atoms with Gasteiger partial charge in [0.25, 0.3) is 5.56 Å². The number of carboxylic acids is 1. The van der Waals surface area contributed by atoms with Gasteiger partial charge in [0, 0.05) is 26.7 Å². The SMILES string of the molecule is CCOC(=O)C1=C(C)N=c2s/c(=C/c3ccc(-c4ccc(Cl)c(C(=O)[O-])c4)o3)c(=O)n2[C@H]1c1cc(OC)c(OC)cc1Br. The number of esters is 1. The van der Waals surface area contributed by atoms with Gasteiger partial charge in [-0.15, -0.1) is 0 Å². The Bertz CT molecular complexity index is 1990. The molecule has 13 heteroatoms. The van der Waals surface area contributed by atoms with Crippen LogP contribution in [-0.4, -0.2) is 37.3 Å². The van der Waals surface area contributed by atoms with E-state index in [-0.39, 0.29) is 22.8 Å². The van der Waals surface area contributed by atoms with Gasteiger partial charge in [0.1, 0.15) is 11.5 Å². The van der Waals surface area contributed by atoms with Gasteiger partial charge >= 0.3 is 5.97 Å². The van der Waals surface area contributed by atoms with Crippen LogP contribution in [0.5, 0.6) is 11.5 Å². The maximum Gasteiger partial charge on any atom is 0.338 e. The highest BCUT2D eigenvalue weighted by molar-refractivity contribution is 9.10. The summed E-state index contributed by atoms with van der Waals surface area (Å²) in [5.74, 6) is -0.425. The van der Waals surface area contributed by atoms with Crippen molar-refractivity contribution in [1.29, 1.82) is 0 Å². The molecule has 0 unspecified atom stereocenters. The van der Waals surface area contributed by atoms with Crippen molar-refractivity contribution < 1.29 is 33.3 Å². The fraction of sp³-hybridized carbons (Fsp3) is 0.200. The summed E-state index contributed by atoms with van der Waals surface area (Å²) in [6.45, 7) is 3.53. The highest BCUT2D eigenvalue weighted by atomic mass is 79.9. The quantitative estimate of drug-likeness (QED) is 0.256. The molecule has 1 atom stereocenters. The minimum absolute atomic E-state index is 0.0461. The van der Waals surface area contributed by atoms with Crippen molar-refractivity contribution in [1.82, 2.24) is 4.57 Å². The van der Waals surface area contributed by atoms with Crippen LogP contribution in [0.1, 0.15) is 41.6 Å². The number of methoxy groups -OCH3 is 2. The molecule has 0 bridgehead atoms. The molecule has 0 spiro atoms. The number of halogens is 2. The highest BCUT2D eigenvalue weighted by Crippen LogP contribution is 2.40. The molecule has 10 nitrogen and oxygen atoms in total. The summed E-state index contributed by atoms with van der Waals surface area (Å²) in [4.78, 5) is 43.6. The molecule has 0 aliphatic carbocycles.